The van der Waals surface area contributed by atoms with Gasteiger partial charge in [-0.05, 0) is 37.0 Å². The fourth-order valence-electron chi connectivity index (χ4n) is 2.94. The van der Waals surface area contributed by atoms with Crippen LogP contribution in [-0.4, -0.2) is 26.4 Å². The number of aromatic nitrogens is 3. The van der Waals surface area contributed by atoms with Crippen LogP contribution < -0.4 is 5.32 Å². The number of hydrogen-bond donors (Lipinski definition) is 1. The first-order chi connectivity index (χ1) is 12.5. The lowest BCUT2D eigenvalue weighted by Crippen LogP contribution is -2.29. The summed E-state index contributed by atoms with van der Waals surface area (Å²) >= 11 is 7.41. The molecule has 1 fully saturated rings. The number of carbonyl (C=O) groups excluding carboxylic acids is 1. The summed E-state index contributed by atoms with van der Waals surface area (Å²) in [6, 6.07) is 8.13. The van der Waals surface area contributed by atoms with Crippen molar-refractivity contribution in [3.05, 3.63) is 40.7 Å². The topological polar surface area (TPSA) is 59.8 Å². The molecule has 0 aliphatic heterocycles. The Morgan fingerprint density at radius 3 is 2.58 bits per heavy atom. The van der Waals surface area contributed by atoms with E-state index in [9.17, 15) is 4.79 Å². The molecule has 5 nitrogen and oxygen atoms in total. The summed E-state index contributed by atoms with van der Waals surface area (Å²) in [6.07, 6.45) is 3.17. The van der Waals surface area contributed by atoms with Crippen LogP contribution in [0.4, 0.5) is 0 Å². The van der Waals surface area contributed by atoms with Crippen molar-refractivity contribution < 1.29 is 4.79 Å². The molecule has 1 aliphatic rings. The maximum absolute atomic E-state index is 12.4. The van der Waals surface area contributed by atoms with E-state index in [-0.39, 0.29) is 11.9 Å². The van der Waals surface area contributed by atoms with E-state index in [0.29, 0.717) is 22.7 Å². The summed E-state index contributed by atoms with van der Waals surface area (Å²) in [5, 5.41) is 13.3. The highest BCUT2D eigenvalue weighted by atomic mass is 35.5. The Kier molecular flexibility index (Phi) is 6.24. The molecular weight excluding hydrogens is 368 g/mol. The lowest BCUT2D eigenvalue weighted by molar-refractivity contribution is -0.119. The molecule has 1 aromatic carbocycles. The van der Waals surface area contributed by atoms with Crippen LogP contribution in [-0.2, 0) is 4.79 Å². The van der Waals surface area contributed by atoms with E-state index in [0.717, 1.165) is 23.0 Å². The predicted molar refractivity (Wildman–Crippen MR) is 106 cm³/mol. The van der Waals surface area contributed by atoms with Gasteiger partial charge >= 0.3 is 0 Å². The number of carbonyl (C=O) groups is 1. The summed E-state index contributed by atoms with van der Waals surface area (Å²) in [4.78, 5) is 12.4. The number of hydrogen-bond acceptors (Lipinski definition) is 4. The largest absolute Gasteiger partial charge is 0.349 e. The average molecular weight is 393 g/mol. The van der Waals surface area contributed by atoms with Crippen molar-refractivity contribution in [1.29, 1.82) is 0 Å². The molecule has 140 valence electrons. The van der Waals surface area contributed by atoms with Crippen LogP contribution in [0.25, 0.3) is 0 Å². The fourth-order valence-corrected chi connectivity index (χ4v) is 3.89. The van der Waals surface area contributed by atoms with E-state index in [1.54, 1.807) is 0 Å². The number of halogens is 1. The molecular formula is C19H25ClN4OS. The highest BCUT2D eigenvalue weighted by molar-refractivity contribution is 7.99. The van der Waals surface area contributed by atoms with Crippen LogP contribution in [0.15, 0.2) is 29.4 Å². The summed E-state index contributed by atoms with van der Waals surface area (Å²) < 4.78 is 2.22. The van der Waals surface area contributed by atoms with Gasteiger partial charge in [0.25, 0.3) is 0 Å². The first-order valence-corrected chi connectivity index (χ1v) is 10.5. The number of nitrogens with one attached hydrogen (secondary N) is 1. The molecule has 0 spiro atoms. The molecule has 1 N–H and O–H groups in total. The van der Waals surface area contributed by atoms with Gasteiger partial charge in [0.05, 0.1) is 11.8 Å². The summed E-state index contributed by atoms with van der Waals surface area (Å²) in [5.41, 5.74) is 1.07. The highest BCUT2D eigenvalue weighted by Crippen LogP contribution is 2.40. The molecule has 0 bridgehead atoms. The Morgan fingerprint density at radius 2 is 2.00 bits per heavy atom. The zero-order chi connectivity index (χ0) is 18.7. The number of benzene rings is 1. The van der Waals surface area contributed by atoms with Crippen LogP contribution in [0.1, 0.15) is 69.4 Å². The number of rotatable bonds is 8. The van der Waals surface area contributed by atoms with Crippen LogP contribution in [0, 0.1) is 0 Å². The molecule has 0 radical (unpaired) electrons. The lowest BCUT2D eigenvalue weighted by Gasteiger charge is -2.17. The smallest absolute Gasteiger partial charge is 0.230 e. The van der Waals surface area contributed by atoms with Gasteiger partial charge in [0.15, 0.2) is 5.16 Å². The molecule has 3 rings (SSSR count). The quantitative estimate of drug-likeness (QED) is 0.658. The maximum Gasteiger partial charge on any atom is 0.230 e. The molecule has 1 aliphatic carbocycles. The number of thioether (sulfide) groups is 1. The first kappa shape index (κ1) is 19.2. The third kappa shape index (κ3) is 4.60. The van der Waals surface area contributed by atoms with Gasteiger partial charge in [-0.1, -0.05) is 56.3 Å². The minimum atomic E-state index is -0.00658. The van der Waals surface area contributed by atoms with E-state index in [4.69, 9.17) is 11.6 Å². The summed E-state index contributed by atoms with van der Waals surface area (Å²) in [6.45, 7) is 6.31. The monoisotopic (exact) mass is 392 g/mol. The molecule has 0 saturated heterocycles. The third-order valence-electron chi connectivity index (χ3n) is 4.47. The van der Waals surface area contributed by atoms with Crippen molar-refractivity contribution in [1.82, 2.24) is 20.1 Å². The summed E-state index contributed by atoms with van der Waals surface area (Å²) in [7, 11) is 0. The molecule has 2 aromatic rings. The zero-order valence-corrected chi connectivity index (χ0v) is 17.0. The van der Waals surface area contributed by atoms with Gasteiger partial charge < -0.3 is 9.88 Å². The second kappa shape index (κ2) is 8.44. The Bertz CT molecular complexity index is 755. The van der Waals surface area contributed by atoms with Crippen LogP contribution in [0.5, 0.6) is 0 Å². The Balaban J connectivity index is 1.61. The standard InChI is InChI=1S/C19H25ClN4OS/c1-4-16(13-5-7-14(20)8-6-13)21-17(25)11-26-19-23-22-18(12(2)3)24(19)15-9-10-15/h5-8,12,15-16H,4,9-11H2,1-3H3,(H,21,25). The second-order valence-corrected chi connectivity index (χ2v) is 8.34. The minimum absolute atomic E-state index is 0.00658. The van der Waals surface area contributed by atoms with Crippen molar-refractivity contribution in [3.8, 4) is 0 Å². The predicted octanol–water partition coefficient (Wildman–Crippen LogP) is 4.75. The molecule has 1 atom stereocenters. The van der Waals surface area contributed by atoms with Gasteiger partial charge in [-0.3, -0.25) is 4.79 Å². The van der Waals surface area contributed by atoms with Crippen LogP contribution in [0.2, 0.25) is 5.02 Å². The Morgan fingerprint density at radius 1 is 1.31 bits per heavy atom. The van der Waals surface area contributed by atoms with Gasteiger partial charge in [0.1, 0.15) is 5.82 Å². The molecule has 7 heteroatoms. The minimum Gasteiger partial charge on any atom is -0.349 e. The summed E-state index contributed by atoms with van der Waals surface area (Å²) in [5.74, 6) is 1.70. The van der Waals surface area contributed by atoms with E-state index in [1.807, 2.05) is 24.3 Å². The first-order valence-electron chi connectivity index (χ1n) is 9.12. The van der Waals surface area contributed by atoms with Crippen molar-refractivity contribution >= 4 is 29.3 Å². The molecule has 1 heterocycles. The lowest BCUT2D eigenvalue weighted by atomic mass is 10.0. The van der Waals surface area contributed by atoms with Gasteiger partial charge in [-0.15, -0.1) is 10.2 Å². The molecule has 1 unspecified atom stereocenters. The molecule has 26 heavy (non-hydrogen) atoms. The Labute approximate surface area is 163 Å². The van der Waals surface area contributed by atoms with E-state index >= 15 is 0 Å². The molecule has 1 amide bonds. The van der Waals surface area contributed by atoms with Crippen molar-refractivity contribution in [2.24, 2.45) is 0 Å². The van der Waals surface area contributed by atoms with Crippen molar-refractivity contribution in [2.75, 3.05) is 5.75 Å². The van der Waals surface area contributed by atoms with Crippen molar-refractivity contribution in [3.63, 3.8) is 0 Å². The van der Waals surface area contributed by atoms with Crippen LogP contribution in [0.3, 0.4) is 0 Å². The SMILES string of the molecule is CCC(NC(=O)CSc1nnc(C(C)C)n1C1CC1)c1ccc(Cl)cc1. The molecule has 1 saturated carbocycles. The van der Waals surface area contributed by atoms with Gasteiger partial charge in [-0.25, -0.2) is 0 Å². The number of amides is 1. The highest BCUT2D eigenvalue weighted by Gasteiger charge is 2.30. The zero-order valence-electron chi connectivity index (χ0n) is 15.4. The molecule has 1 aromatic heterocycles. The fraction of sp³-hybridized carbons (Fsp3) is 0.526. The van der Waals surface area contributed by atoms with Gasteiger partial charge in [0.2, 0.25) is 5.91 Å². The van der Waals surface area contributed by atoms with Gasteiger partial charge in [-0.2, -0.15) is 0 Å². The normalized spacial score (nSPS) is 15.3. The van der Waals surface area contributed by atoms with E-state index < -0.39 is 0 Å². The van der Waals surface area contributed by atoms with Gasteiger partial charge in [0, 0.05) is 17.0 Å². The third-order valence-corrected chi connectivity index (χ3v) is 5.66. The maximum atomic E-state index is 12.4. The van der Waals surface area contributed by atoms with Crippen molar-refractivity contribution in [2.45, 2.75) is 63.2 Å². The number of nitrogens with zero attached hydrogens (tertiary/aromatic N) is 3. The second-order valence-electron chi connectivity index (χ2n) is 6.97. The average Bonchev–Trinajstić information content (AvgIpc) is 3.37. The van der Waals surface area contributed by atoms with Crippen LogP contribution >= 0.6 is 23.4 Å². The Hall–Kier alpha value is -1.53. The van der Waals surface area contributed by atoms with E-state index in [1.165, 1.54) is 24.6 Å². The van der Waals surface area contributed by atoms with E-state index in [2.05, 4.69) is 40.9 Å².